The van der Waals surface area contributed by atoms with Crippen molar-refractivity contribution in [2.24, 2.45) is 28.8 Å². The Morgan fingerprint density at radius 3 is 2.48 bits per heavy atom. The smallest absolute Gasteiger partial charge is 0.240 e. The number of carbonyl (C=O) groups excluding carboxylic acids is 1. The van der Waals surface area contributed by atoms with Gasteiger partial charge < -0.3 is 23.7 Å². The normalized spacial score (nSPS) is 37.5. The van der Waals surface area contributed by atoms with E-state index in [0.29, 0.717) is 35.5 Å². The number of hydrogen-bond acceptors (Lipinski definition) is 9. The van der Waals surface area contributed by atoms with Crippen molar-refractivity contribution in [1.29, 1.82) is 0 Å². The van der Waals surface area contributed by atoms with Gasteiger partial charge in [-0.25, -0.2) is 14.8 Å². The van der Waals surface area contributed by atoms with Gasteiger partial charge in [-0.3, -0.25) is 4.79 Å². The molecule has 1 spiro atoms. The summed E-state index contributed by atoms with van der Waals surface area (Å²) in [6, 6.07) is 13.2. The Hall–Kier alpha value is -3.18. The SMILES string of the molecule is COc1ccc(C2CC(c3ccc(O[C@@H]4O[C@@H]5O[C@@]6(C)CC[C@H]7[C@H](C)CC[C@@H]([C@H]4C)[C@@]57OO6)cc3)=NN2C(C)=O)c(OC)c1. The molecule has 6 aliphatic rings. The first-order valence-corrected chi connectivity index (χ1v) is 15.7. The van der Waals surface area contributed by atoms with Gasteiger partial charge in [-0.05, 0) is 80.0 Å². The summed E-state index contributed by atoms with van der Waals surface area (Å²) in [6.45, 7) is 7.95. The molecule has 8 rings (SSSR count). The van der Waals surface area contributed by atoms with Crippen LogP contribution in [0.5, 0.6) is 17.2 Å². The minimum Gasteiger partial charge on any atom is -0.497 e. The summed E-state index contributed by atoms with van der Waals surface area (Å²) in [5.41, 5.74) is 1.99. The van der Waals surface area contributed by atoms with Gasteiger partial charge >= 0.3 is 0 Å². The average molecular weight is 607 g/mol. The number of ether oxygens (including phenoxy) is 5. The lowest BCUT2D eigenvalue weighted by molar-refractivity contribution is -0.575. The number of benzene rings is 2. The second kappa shape index (κ2) is 11.0. The van der Waals surface area contributed by atoms with Crippen molar-refractivity contribution in [2.75, 3.05) is 14.2 Å². The summed E-state index contributed by atoms with van der Waals surface area (Å²) >= 11 is 0. The molecule has 5 aliphatic heterocycles. The number of methoxy groups -OCH3 is 2. The van der Waals surface area contributed by atoms with Crippen molar-refractivity contribution in [2.45, 2.75) is 89.8 Å². The molecule has 0 radical (unpaired) electrons. The number of carbonyl (C=O) groups is 1. The van der Waals surface area contributed by atoms with E-state index in [4.69, 9.17) is 38.6 Å². The van der Waals surface area contributed by atoms with Crippen LogP contribution in [-0.2, 0) is 24.0 Å². The molecule has 1 amide bonds. The average Bonchev–Trinajstić information content (AvgIpc) is 3.35. The summed E-state index contributed by atoms with van der Waals surface area (Å²) in [6.07, 6.45) is 3.41. The Kier molecular flexibility index (Phi) is 7.39. The lowest BCUT2D eigenvalue weighted by Crippen LogP contribution is -2.70. The topological polar surface area (TPSA) is 97.3 Å². The first-order valence-electron chi connectivity index (χ1n) is 15.7. The quantitative estimate of drug-likeness (QED) is 0.370. The van der Waals surface area contributed by atoms with Crippen LogP contribution < -0.4 is 14.2 Å². The first-order chi connectivity index (χ1) is 21.2. The Morgan fingerprint density at radius 1 is 0.977 bits per heavy atom. The number of hydrazone groups is 1. The Bertz CT molecular complexity index is 1450. The van der Waals surface area contributed by atoms with Crippen LogP contribution in [-0.4, -0.2) is 54.8 Å². The van der Waals surface area contributed by atoms with Crippen molar-refractivity contribution in [3.8, 4) is 17.2 Å². The van der Waals surface area contributed by atoms with Crippen LogP contribution in [0, 0.1) is 23.7 Å². The molecular formula is C34H42N2O8. The van der Waals surface area contributed by atoms with E-state index in [0.717, 1.165) is 42.5 Å². The largest absolute Gasteiger partial charge is 0.497 e. The van der Waals surface area contributed by atoms with Crippen molar-refractivity contribution in [3.05, 3.63) is 53.6 Å². The summed E-state index contributed by atoms with van der Waals surface area (Å²) in [5, 5.41) is 6.25. The molecule has 2 aromatic carbocycles. The first kappa shape index (κ1) is 29.5. The minimum atomic E-state index is -0.826. The molecule has 10 heteroatoms. The van der Waals surface area contributed by atoms with Crippen molar-refractivity contribution < 1.29 is 38.3 Å². The summed E-state index contributed by atoms with van der Waals surface area (Å²) in [7, 11) is 3.23. The van der Waals surface area contributed by atoms with Crippen LogP contribution in [0.3, 0.4) is 0 Å². The number of nitrogens with zero attached hydrogens (tertiary/aromatic N) is 2. The van der Waals surface area contributed by atoms with Crippen LogP contribution in [0.1, 0.15) is 77.0 Å². The van der Waals surface area contributed by atoms with E-state index in [1.54, 1.807) is 14.2 Å². The standard InChI is InChI=1S/C34H42N2O8/c1-19-7-14-27-20(2)31(41-32-34(27)26(19)15-16-33(4,42-32)43-44-34)40-23-10-8-22(9-11-23)28-18-29(36(35-28)21(3)37)25-13-12-24(38-5)17-30(25)39-6/h8-13,17,19-20,26-27,29,31-32H,7,14-16,18H2,1-6H3/t19-,20-,26+,27+,29?,31-,32-,33-,34-/m1/s1. The fourth-order valence-corrected chi connectivity index (χ4v) is 8.18. The van der Waals surface area contributed by atoms with Gasteiger partial charge in [0.2, 0.25) is 18.0 Å². The van der Waals surface area contributed by atoms with Gasteiger partial charge in [0, 0.05) is 43.2 Å². The molecular weight excluding hydrogens is 564 g/mol. The Balaban J connectivity index is 1.09. The lowest BCUT2D eigenvalue weighted by Gasteiger charge is -2.60. The van der Waals surface area contributed by atoms with E-state index in [1.165, 1.54) is 11.9 Å². The zero-order valence-electron chi connectivity index (χ0n) is 26.3. The van der Waals surface area contributed by atoms with Crippen molar-refractivity contribution in [3.63, 3.8) is 0 Å². The van der Waals surface area contributed by atoms with Crippen molar-refractivity contribution in [1.82, 2.24) is 5.01 Å². The second-order valence-corrected chi connectivity index (χ2v) is 13.2. The second-order valence-electron chi connectivity index (χ2n) is 13.2. The summed E-state index contributed by atoms with van der Waals surface area (Å²) < 4.78 is 30.6. The molecule has 1 aliphatic carbocycles. The highest BCUT2D eigenvalue weighted by Gasteiger charge is 2.69. The monoisotopic (exact) mass is 606 g/mol. The van der Waals surface area contributed by atoms with E-state index in [1.807, 2.05) is 49.4 Å². The van der Waals surface area contributed by atoms with E-state index >= 15 is 0 Å². The Labute approximate surface area is 258 Å². The van der Waals surface area contributed by atoms with E-state index in [-0.39, 0.29) is 23.8 Å². The predicted octanol–water partition coefficient (Wildman–Crippen LogP) is 5.99. The number of rotatable bonds is 6. The fourth-order valence-electron chi connectivity index (χ4n) is 8.18. The third-order valence-electron chi connectivity index (χ3n) is 10.6. The molecule has 4 saturated heterocycles. The molecule has 10 nitrogen and oxygen atoms in total. The maximum Gasteiger partial charge on any atom is 0.240 e. The fraction of sp³-hybridized carbons (Fsp3) is 0.588. The molecule has 0 aromatic heterocycles. The molecule has 2 bridgehead atoms. The molecule has 5 fully saturated rings. The third-order valence-corrected chi connectivity index (χ3v) is 10.6. The molecule has 44 heavy (non-hydrogen) atoms. The molecule has 9 atom stereocenters. The molecule has 5 heterocycles. The molecule has 2 aromatic rings. The van der Waals surface area contributed by atoms with Gasteiger partial charge in [-0.2, -0.15) is 5.10 Å². The maximum absolute atomic E-state index is 12.6. The van der Waals surface area contributed by atoms with Gasteiger partial charge in [0.1, 0.15) is 17.2 Å². The third kappa shape index (κ3) is 4.69. The van der Waals surface area contributed by atoms with Gasteiger partial charge in [-0.1, -0.05) is 13.8 Å². The van der Waals surface area contributed by atoms with Crippen LogP contribution in [0.2, 0.25) is 0 Å². The van der Waals surface area contributed by atoms with Crippen LogP contribution >= 0.6 is 0 Å². The molecule has 1 unspecified atom stereocenters. The minimum absolute atomic E-state index is 0.0687. The zero-order valence-corrected chi connectivity index (χ0v) is 26.3. The molecule has 0 N–H and O–H groups in total. The van der Waals surface area contributed by atoms with E-state index in [9.17, 15) is 4.79 Å². The van der Waals surface area contributed by atoms with E-state index in [2.05, 4.69) is 13.8 Å². The van der Waals surface area contributed by atoms with Crippen LogP contribution in [0.15, 0.2) is 47.6 Å². The number of fused-ring (bicyclic) bond motifs is 2. The zero-order chi connectivity index (χ0) is 30.8. The highest BCUT2D eigenvalue weighted by molar-refractivity contribution is 6.03. The lowest BCUT2D eigenvalue weighted by atomic mass is 9.58. The van der Waals surface area contributed by atoms with Crippen LogP contribution in [0.25, 0.3) is 0 Å². The van der Waals surface area contributed by atoms with Gasteiger partial charge in [0.05, 0.1) is 26.0 Å². The molecule has 1 saturated carbocycles. The van der Waals surface area contributed by atoms with Gasteiger partial charge in [0.15, 0.2) is 11.9 Å². The van der Waals surface area contributed by atoms with Crippen molar-refractivity contribution >= 4 is 11.6 Å². The van der Waals surface area contributed by atoms with Gasteiger partial charge in [-0.15, -0.1) is 0 Å². The number of amides is 1. The predicted molar refractivity (Wildman–Crippen MR) is 160 cm³/mol. The van der Waals surface area contributed by atoms with E-state index < -0.39 is 24.0 Å². The summed E-state index contributed by atoms with van der Waals surface area (Å²) in [5.74, 6) is 2.14. The summed E-state index contributed by atoms with van der Waals surface area (Å²) in [4.78, 5) is 24.8. The highest BCUT2D eigenvalue weighted by Crippen LogP contribution is 2.60. The van der Waals surface area contributed by atoms with Gasteiger partial charge in [0.25, 0.3) is 0 Å². The molecule has 236 valence electrons. The number of hydrogen-bond donors (Lipinski definition) is 0. The highest BCUT2D eigenvalue weighted by atomic mass is 17.3. The maximum atomic E-state index is 12.6. The Morgan fingerprint density at radius 2 is 1.75 bits per heavy atom. The van der Waals surface area contributed by atoms with Crippen LogP contribution in [0.4, 0.5) is 0 Å².